The van der Waals surface area contributed by atoms with Gasteiger partial charge in [-0.1, -0.05) is 13.5 Å². The molecule has 1 atom stereocenters. The van der Waals surface area contributed by atoms with Crippen molar-refractivity contribution in [3.63, 3.8) is 0 Å². The SMILES string of the molecule is C=CC(=O)OCC[NH2+]C(C)CC. The highest BCUT2D eigenvalue weighted by molar-refractivity contribution is 5.81. The van der Waals surface area contributed by atoms with Gasteiger partial charge in [0, 0.05) is 6.08 Å². The normalized spacial score (nSPS) is 12.2. The fourth-order valence-electron chi connectivity index (χ4n) is 0.738. The molecule has 0 aliphatic carbocycles. The highest BCUT2D eigenvalue weighted by Gasteiger charge is 2.01. The van der Waals surface area contributed by atoms with Crippen LogP contribution in [0, 0.1) is 0 Å². The molecular weight excluding hydrogens is 154 g/mol. The van der Waals surface area contributed by atoms with Crippen molar-refractivity contribution in [1.29, 1.82) is 0 Å². The molecule has 1 unspecified atom stereocenters. The maximum Gasteiger partial charge on any atom is 0.330 e. The van der Waals surface area contributed by atoms with Gasteiger partial charge < -0.3 is 10.1 Å². The van der Waals surface area contributed by atoms with E-state index in [9.17, 15) is 4.79 Å². The van der Waals surface area contributed by atoms with Gasteiger partial charge in [-0.3, -0.25) is 0 Å². The van der Waals surface area contributed by atoms with Crippen molar-refractivity contribution in [2.45, 2.75) is 26.3 Å². The Balaban J connectivity index is 3.21. The van der Waals surface area contributed by atoms with Crippen molar-refractivity contribution in [3.8, 4) is 0 Å². The second-order valence-electron chi connectivity index (χ2n) is 2.78. The second kappa shape index (κ2) is 6.85. The minimum Gasteiger partial charge on any atom is -0.457 e. The van der Waals surface area contributed by atoms with Crippen LogP contribution < -0.4 is 5.32 Å². The van der Waals surface area contributed by atoms with E-state index in [1.54, 1.807) is 0 Å². The molecule has 0 saturated carbocycles. The Hall–Kier alpha value is -0.830. The third-order valence-electron chi connectivity index (χ3n) is 1.74. The minimum atomic E-state index is -0.340. The van der Waals surface area contributed by atoms with Crippen molar-refractivity contribution >= 4 is 5.97 Å². The Bertz CT molecular complexity index is 145. The molecule has 0 rings (SSSR count). The van der Waals surface area contributed by atoms with E-state index in [2.05, 4.69) is 25.7 Å². The highest BCUT2D eigenvalue weighted by atomic mass is 16.5. The Morgan fingerprint density at radius 3 is 2.92 bits per heavy atom. The summed E-state index contributed by atoms with van der Waals surface area (Å²) in [6.45, 7) is 8.89. The van der Waals surface area contributed by atoms with Crippen molar-refractivity contribution in [2.24, 2.45) is 0 Å². The summed E-state index contributed by atoms with van der Waals surface area (Å²) in [4.78, 5) is 10.6. The zero-order valence-corrected chi connectivity index (χ0v) is 7.88. The molecule has 0 aromatic rings. The van der Waals surface area contributed by atoms with Gasteiger partial charge in [-0.15, -0.1) is 0 Å². The second-order valence-corrected chi connectivity index (χ2v) is 2.78. The maximum absolute atomic E-state index is 10.6. The molecule has 2 N–H and O–H groups in total. The summed E-state index contributed by atoms with van der Waals surface area (Å²) >= 11 is 0. The van der Waals surface area contributed by atoms with E-state index in [0.717, 1.165) is 13.0 Å². The van der Waals surface area contributed by atoms with E-state index in [-0.39, 0.29) is 5.97 Å². The van der Waals surface area contributed by atoms with Crippen LogP contribution in [0.25, 0.3) is 0 Å². The summed E-state index contributed by atoms with van der Waals surface area (Å²) in [6.07, 6.45) is 2.32. The Morgan fingerprint density at radius 2 is 2.42 bits per heavy atom. The van der Waals surface area contributed by atoms with Crippen molar-refractivity contribution < 1.29 is 14.8 Å². The first-order chi connectivity index (χ1) is 5.70. The van der Waals surface area contributed by atoms with Gasteiger partial charge in [0.25, 0.3) is 0 Å². The van der Waals surface area contributed by atoms with Gasteiger partial charge in [-0.25, -0.2) is 4.79 Å². The number of ether oxygens (including phenoxy) is 1. The summed E-state index contributed by atoms with van der Waals surface area (Å²) in [5.41, 5.74) is 0. The number of nitrogens with two attached hydrogens (primary N) is 1. The Morgan fingerprint density at radius 1 is 1.75 bits per heavy atom. The van der Waals surface area contributed by atoms with Gasteiger partial charge in [-0.05, 0) is 13.3 Å². The summed E-state index contributed by atoms with van der Waals surface area (Å²) in [7, 11) is 0. The molecule has 0 radical (unpaired) electrons. The topological polar surface area (TPSA) is 42.9 Å². The molecule has 0 aromatic carbocycles. The average molecular weight is 172 g/mol. The van der Waals surface area contributed by atoms with Gasteiger partial charge in [0.05, 0.1) is 6.04 Å². The van der Waals surface area contributed by atoms with E-state index < -0.39 is 0 Å². The van der Waals surface area contributed by atoms with E-state index in [4.69, 9.17) is 4.74 Å². The van der Waals surface area contributed by atoms with E-state index in [1.165, 1.54) is 6.08 Å². The molecule has 0 amide bonds. The zero-order chi connectivity index (χ0) is 9.40. The largest absolute Gasteiger partial charge is 0.457 e. The van der Waals surface area contributed by atoms with Gasteiger partial charge in [0.2, 0.25) is 0 Å². The number of hydrogen-bond donors (Lipinski definition) is 1. The van der Waals surface area contributed by atoms with Crippen LogP contribution in [0.15, 0.2) is 12.7 Å². The van der Waals surface area contributed by atoms with Gasteiger partial charge >= 0.3 is 5.97 Å². The predicted molar refractivity (Wildman–Crippen MR) is 47.7 cm³/mol. The molecule has 0 aromatic heterocycles. The smallest absolute Gasteiger partial charge is 0.330 e. The van der Waals surface area contributed by atoms with E-state index >= 15 is 0 Å². The molecule has 3 nitrogen and oxygen atoms in total. The highest BCUT2D eigenvalue weighted by Crippen LogP contribution is 1.79. The first-order valence-corrected chi connectivity index (χ1v) is 4.33. The fourth-order valence-corrected chi connectivity index (χ4v) is 0.738. The molecule has 0 aliphatic heterocycles. The molecule has 70 valence electrons. The van der Waals surface area contributed by atoms with Crippen LogP contribution in [0.3, 0.4) is 0 Å². The number of quaternary nitrogens is 1. The van der Waals surface area contributed by atoms with Gasteiger partial charge in [0.1, 0.15) is 13.2 Å². The monoisotopic (exact) mass is 172 g/mol. The molecule has 0 saturated heterocycles. The Labute approximate surface area is 73.8 Å². The third kappa shape index (κ3) is 5.92. The van der Waals surface area contributed by atoms with Crippen LogP contribution in [-0.4, -0.2) is 25.2 Å². The van der Waals surface area contributed by atoms with Crippen LogP contribution in [0.4, 0.5) is 0 Å². The minimum absolute atomic E-state index is 0.340. The molecule has 0 heterocycles. The number of rotatable bonds is 6. The van der Waals surface area contributed by atoms with E-state index in [0.29, 0.717) is 12.6 Å². The van der Waals surface area contributed by atoms with Crippen molar-refractivity contribution in [3.05, 3.63) is 12.7 Å². The molecule has 3 heteroatoms. The molecular formula is C9H18NO2+. The number of carbonyl (C=O) groups is 1. The lowest BCUT2D eigenvalue weighted by molar-refractivity contribution is -0.687. The van der Waals surface area contributed by atoms with Crippen LogP contribution >= 0.6 is 0 Å². The standard InChI is InChI=1S/C9H17NO2/c1-4-8(3)10-6-7-12-9(11)5-2/h5,8,10H,2,4,6-7H2,1,3H3/p+1. The average Bonchev–Trinajstić information content (AvgIpc) is 2.11. The van der Waals surface area contributed by atoms with Gasteiger partial charge in [0.15, 0.2) is 0 Å². The molecule has 0 fully saturated rings. The number of hydrogen-bond acceptors (Lipinski definition) is 2. The van der Waals surface area contributed by atoms with Crippen LogP contribution in [0.2, 0.25) is 0 Å². The molecule has 0 spiro atoms. The predicted octanol–water partition coefficient (Wildman–Crippen LogP) is 0.0775. The van der Waals surface area contributed by atoms with E-state index in [1.807, 2.05) is 0 Å². The molecule has 12 heavy (non-hydrogen) atoms. The summed E-state index contributed by atoms with van der Waals surface area (Å²) in [6, 6.07) is 0.604. The number of esters is 1. The molecule has 0 aliphatic rings. The van der Waals surface area contributed by atoms with Crippen molar-refractivity contribution in [2.75, 3.05) is 13.2 Å². The maximum atomic E-state index is 10.6. The van der Waals surface area contributed by atoms with Crippen molar-refractivity contribution in [1.82, 2.24) is 0 Å². The van der Waals surface area contributed by atoms with Crippen LogP contribution in [-0.2, 0) is 9.53 Å². The first kappa shape index (κ1) is 11.2. The molecule has 0 bridgehead atoms. The summed E-state index contributed by atoms with van der Waals surface area (Å²) < 4.78 is 4.80. The lowest BCUT2D eigenvalue weighted by Gasteiger charge is -2.07. The lowest BCUT2D eigenvalue weighted by Crippen LogP contribution is -2.90. The third-order valence-corrected chi connectivity index (χ3v) is 1.74. The summed E-state index contributed by atoms with van der Waals surface area (Å²) in [5, 5.41) is 2.16. The lowest BCUT2D eigenvalue weighted by atomic mass is 10.3. The zero-order valence-electron chi connectivity index (χ0n) is 7.88. The van der Waals surface area contributed by atoms with Crippen LogP contribution in [0.1, 0.15) is 20.3 Å². The van der Waals surface area contributed by atoms with Crippen LogP contribution in [0.5, 0.6) is 0 Å². The summed E-state index contributed by atoms with van der Waals surface area (Å²) in [5.74, 6) is -0.340. The number of carbonyl (C=O) groups excluding carboxylic acids is 1. The van der Waals surface area contributed by atoms with Gasteiger partial charge in [-0.2, -0.15) is 0 Å². The fraction of sp³-hybridized carbons (Fsp3) is 0.667. The first-order valence-electron chi connectivity index (χ1n) is 4.33. The quantitative estimate of drug-likeness (QED) is 0.350. The Kier molecular flexibility index (Phi) is 6.38.